The molecule has 0 saturated heterocycles. The van der Waals surface area contributed by atoms with Gasteiger partial charge in [-0.3, -0.25) is 0 Å². The molecule has 1 aliphatic rings. The summed E-state index contributed by atoms with van der Waals surface area (Å²) in [6, 6.07) is 3.55. The van der Waals surface area contributed by atoms with Gasteiger partial charge < -0.3 is 10.6 Å². The molecular weight excluding hydrogens is 276 g/mol. The topological polar surface area (TPSA) is 102 Å². The molecule has 0 aromatic carbocycles. The number of hydrogen-bond donors (Lipinski definition) is 2. The Morgan fingerprint density at radius 1 is 1.35 bits per heavy atom. The first kappa shape index (κ1) is 15.2. The molecule has 6 nitrogen and oxygen atoms in total. The van der Waals surface area contributed by atoms with E-state index < -0.39 is 10.0 Å². The van der Waals surface area contributed by atoms with Crippen molar-refractivity contribution in [3.05, 3.63) is 18.3 Å². The Bertz CT molecular complexity index is 544. The molecule has 1 aromatic rings. The second kappa shape index (κ2) is 6.07. The number of primary sulfonamides is 1. The van der Waals surface area contributed by atoms with Crippen LogP contribution >= 0.6 is 0 Å². The number of hydrogen-bond acceptors (Lipinski definition) is 5. The van der Waals surface area contributed by atoms with Crippen LogP contribution < -0.4 is 15.8 Å². The maximum atomic E-state index is 11.2. The number of nitrogens with two attached hydrogens (primary N) is 2. The lowest BCUT2D eigenvalue weighted by molar-refractivity contribution is 0.305. The minimum Gasteiger partial charge on any atom is -0.356 e. The smallest absolute Gasteiger partial charge is 0.239 e. The third-order valence-corrected chi connectivity index (χ3v) is 4.98. The van der Waals surface area contributed by atoms with Gasteiger partial charge in [-0.1, -0.05) is 12.8 Å². The number of pyridine rings is 1. The summed E-state index contributed by atoms with van der Waals surface area (Å²) in [5.74, 6) is 1.22. The van der Waals surface area contributed by atoms with Crippen molar-refractivity contribution in [2.45, 2.75) is 36.6 Å². The van der Waals surface area contributed by atoms with E-state index in [1.807, 2.05) is 7.05 Å². The molecule has 0 radical (unpaired) electrons. The third kappa shape index (κ3) is 3.28. The zero-order chi connectivity index (χ0) is 14.8. The van der Waals surface area contributed by atoms with E-state index in [4.69, 9.17) is 10.9 Å². The largest absolute Gasteiger partial charge is 0.356 e. The van der Waals surface area contributed by atoms with Gasteiger partial charge in [-0.15, -0.1) is 0 Å². The van der Waals surface area contributed by atoms with Crippen molar-refractivity contribution in [1.82, 2.24) is 4.98 Å². The number of aromatic nitrogens is 1. The fourth-order valence-electron chi connectivity index (χ4n) is 2.89. The highest BCUT2D eigenvalue weighted by Crippen LogP contribution is 2.29. The predicted octanol–water partition coefficient (Wildman–Crippen LogP) is 0.683. The van der Waals surface area contributed by atoms with E-state index in [1.165, 1.54) is 25.1 Å². The van der Waals surface area contributed by atoms with Crippen molar-refractivity contribution in [3.63, 3.8) is 0 Å². The van der Waals surface area contributed by atoms with E-state index in [-0.39, 0.29) is 4.90 Å². The lowest BCUT2D eigenvalue weighted by Gasteiger charge is -2.38. The van der Waals surface area contributed by atoms with Crippen molar-refractivity contribution in [3.8, 4) is 0 Å². The molecule has 1 saturated carbocycles. The van der Waals surface area contributed by atoms with Gasteiger partial charge >= 0.3 is 0 Å². The molecule has 112 valence electrons. The lowest BCUT2D eigenvalue weighted by atomic mass is 9.84. The summed E-state index contributed by atoms with van der Waals surface area (Å²) in [4.78, 5) is 6.35. The summed E-state index contributed by atoms with van der Waals surface area (Å²) >= 11 is 0. The van der Waals surface area contributed by atoms with Crippen molar-refractivity contribution in [2.24, 2.45) is 16.8 Å². The Hall–Kier alpha value is -1.18. The summed E-state index contributed by atoms with van der Waals surface area (Å²) in [7, 11) is -1.70. The molecule has 1 fully saturated rings. The number of nitrogens with zero attached hydrogens (tertiary/aromatic N) is 2. The first-order valence-corrected chi connectivity index (χ1v) is 8.40. The van der Waals surface area contributed by atoms with Crippen LogP contribution in [0.15, 0.2) is 23.2 Å². The molecule has 1 aromatic heterocycles. The van der Waals surface area contributed by atoms with Crippen molar-refractivity contribution >= 4 is 15.8 Å². The van der Waals surface area contributed by atoms with E-state index in [0.717, 1.165) is 18.7 Å². The second-order valence-electron chi connectivity index (χ2n) is 5.36. The van der Waals surface area contributed by atoms with Gasteiger partial charge in [0.05, 0.1) is 0 Å². The van der Waals surface area contributed by atoms with E-state index in [2.05, 4.69) is 9.88 Å². The van der Waals surface area contributed by atoms with Crippen LogP contribution in [0, 0.1) is 5.92 Å². The van der Waals surface area contributed by atoms with Crippen molar-refractivity contribution in [1.29, 1.82) is 0 Å². The molecule has 0 bridgehead atoms. The average molecular weight is 298 g/mol. The molecule has 2 atom stereocenters. The molecule has 20 heavy (non-hydrogen) atoms. The third-order valence-electron chi connectivity index (χ3n) is 4.08. The standard InChI is InChI=1S/C13H22N4O2S/c1-17(12-5-3-2-4-10(12)8-14)13-7-6-11(9-16-13)20(15,18)19/h6-7,9-10,12H,2-5,8,14H2,1H3,(H2,15,18,19). The number of anilines is 1. The second-order valence-corrected chi connectivity index (χ2v) is 6.92. The highest BCUT2D eigenvalue weighted by Gasteiger charge is 2.28. The molecule has 2 rings (SSSR count). The van der Waals surface area contributed by atoms with Crippen molar-refractivity contribution in [2.75, 3.05) is 18.5 Å². The predicted molar refractivity (Wildman–Crippen MR) is 78.8 cm³/mol. The van der Waals surface area contributed by atoms with Gasteiger partial charge in [0.2, 0.25) is 10.0 Å². The minimum absolute atomic E-state index is 0.0358. The summed E-state index contributed by atoms with van der Waals surface area (Å²) < 4.78 is 22.4. The molecule has 1 heterocycles. The maximum Gasteiger partial charge on any atom is 0.239 e. The first-order chi connectivity index (χ1) is 9.43. The Labute approximate surface area is 120 Å². The highest BCUT2D eigenvalue weighted by molar-refractivity contribution is 7.89. The monoisotopic (exact) mass is 298 g/mol. The minimum atomic E-state index is -3.69. The van der Waals surface area contributed by atoms with Gasteiger partial charge in [0.25, 0.3) is 0 Å². The van der Waals surface area contributed by atoms with Gasteiger partial charge in [0.1, 0.15) is 10.7 Å². The molecular formula is C13H22N4O2S. The quantitative estimate of drug-likeness (QED) is 0.851. The normalized spacial score (nSPS) is 23.6. The zero-order valence-electron chi connectivity index (χ0n) is 11.7. The Balaban J connectivity index is 2.18. The van der Waals surface area contributed by atoms with Gasteiger partial charge in [-0.25, -0.2) is 18.5 Å². The SMILES string of the molecule is CN(c1ccc(S(N)(=O)=O)cn1)C1CCCCC1CN. The van der Waals surface area contributed by atoms with Crippen LogP contribution in [0.2, 0.25) is 0 Å². The molecule has 0 spiro atoms. The van der Waals surface area contributed by atoms with Crippen molar-refractivity contribution < 1.29 is 8.42 Å². The Morgan fingerprint density at radius 3 is 2.60 bits per heavy atom. The highest BCUT2D eigenvalue weighted by atomic mass is 32.2. The summed E-state index contributed by atoms with van der Waals surface area (Å²) in [6.07, 6.45) is 5.96. The van der Waals surface area contributed by atoms with Crippen LogP contribution in [-0.2, 0) is 10.0 Å². The van der Waals surface area contributed by atoms with Crippen LogP contribution in [0.1, 0.15) is 25.7 Å². The van der Waals surface area contributed by atoms with Gasteiger partial charge in [0, 0.05) is 19.3 Å². The van der Waals surface area contributed by atoms with Crippen LogP contribution in [0.3, 0.4) is 0 Å². The van der Waals surface area contributed by atoms with Gasteiger partial charge in [-0.2, -0.15) is 0 Å². The maximum absolute atomic E-state index is 11.2. The first-order valence-electron chi connectivity index (χ1n) is 6.85. The number of rotatable bonds is 4. The fraction of sp³-hybridized carbons (Fsp3) is 0.615. The molecule has 0 aliphatic heterocycles. The van der Waals surface area contributed by atoms with Crippen LogP contribution in [0.4, 0.5) is 5.82 Å². The van der Waals surface area contributed by atoms with E-state index in [1.54, 1.807) is 6.07 Å². The molecule has 2 unspecified atom stereocenters. The van der Waals surface area contributed by atoms with Crippen LogP contribution in [-0.4, -0.2) is 33.0 Å². The molecule has 7 heteroatoms. The lowest BCUT2D eigenvalue weighted by Crippen LogP contribution is -2.43. The summed E-state index contributed by atoms with van der Waals surface area (Å²) in [5.41, 5.74) is 5.85. The molecule has 1 aliphatic carbocycles. The Morgan fingerprint density at radius 2 is 2.05 bits per heavy atom. The average Bonchev–Trinajstić information content (AvgIpc) is 2.45. The van der Waals surface area contributed by atoms with Crippen LogP contribution in [0.5, 0.6) is 0 Å². The van der Waals surface area contributed by atoms with E-state index in [0.29, 0.717) is 18.5 Å². The number of sulfonamides is 1. The van der Waals surface area contributed by atoms with Crippen LogP contribution in [0.25, 0.3) is 0 Å². The molecule has 4 N–H and O–H groups in total. The van der Waals surface area contributed by atoms with Gasteiger partial charge in [0.15, 0.2) is 0 Å². The van der Waals surface area contributed by atoms with E-state index in [9.17, 15) is 8.42 Å². The van der Waals surface area contributed by atoms with E-state index >= 15 is 0 Å². The zero-order valence-corrected chi connectivity index (χ0v) is 12.5. The summed E-state index contributed by atoms with van der Waals surface area (Å²) in [6.45, 7) is 0.671. The van der Waals surface area contributed by atoms with Gasteiger partial charge in [-0.05, 0) is 37.4 Å². The summed E-state index contributed by atoms with van der Waals surface area (Å²) in [5, 5.41) is 5.07. The Kier molecular flexibility index (Phi) is 4.62. The fourth-order valence-corrected chi connectivity index (χ4v) is 3.35. The molecule has 0 amide bonds.